The summed E-state index contributed by atoms with van der Waals surface area (Å²) < 4.78 is 0. The monoisotopic (exact) mass is 293 g/mol. The molecule has 3 rings (SSSR count). The third-order valence-corrected chi connectivity index (χ3v) is 5.78. The molecule has 1 aromatic rings. The van der Waals surface area contributed by atoms with Gasteiger partial charge in [-0.2, -0.15) is 0 Å². The molecule has 0 aromatic carbocycles. The molecular formula is C16H23NO2S. The van der Waals surface area contributed by atoms with Crippen LogP contribution < -0.4 is 0 Å². The Morgan fingerprint density at radius 3 is 2.95 bits per heavy atom. The lowest BCUT2D eigenvalue weighted by Crippen LogP contribution is -2.52. The molecule has 1 saturated carbocycles. The maximum absolute atomic E-state index is 12.0. The van der Waals surface area contributed by atoms with E-state index < -0.39 is 11.5 Å². The van der Waals surface area contributed by atoms with Crippen molar-refractivity contribution in [3.63, 3.8) is 0 Å². The summed E-state index contributed by atoms with van der Waals surface area (Å²) in [5.74, 6) is 0.0568. The molecule has 1 saturated heterocycles. The van der Waals surface area contributed by atoms with Crippen LogP contribution in [-0.4, -0.2) is 28.1 Å². The standard InChI is InChI=1S/C16H23NO2S/c1-2-8-16(15(18)19)9-4-10-17(16)14(12-6-7-12)13-5-3-11-20-13/h3,5,11-12,14H,2,4,6-10H2,1H3,(H,18,19). The maximum atomic E-state index is 12.0. The van der Waals surface area contributed by atoms with E-state index in [1.807, 2.05) is 0 Å². The summed E-state index contributed by atoms with van der Waals surface area (Å²) >= 11 is 1.78. The largest absolute Gasteiger partial charge is 0.480 e. The molecule has 2 atom stereocenters. The van der Waals surface area contributed by atoms with Crippen molar-refractivity contribution in [2.75, 3.05) is 6.54 Å². The van der Waals surface area contributed by atoms with Crippen LogP contribution in [0.2, 0.25) is 0 Å². The molecule has 3 nitrogen and oxygen atoms in total. The van der Waals surface area contributed by atoms with E-state index >= 15 is 0 Å². The number of carboxylic acid groups (broad SMARTS) is 1. The fourth-order valence-electron chi connectivity index (χ4n) is 3.84. The van der Waals surface area contributed by atoms with Crippen LogP contribution in [0.4, 0.5) is 0 Å². The summed E-state index contributed by atoms with van der Waals surface area (Å²) in [4.78, 5) is 15.7. The van der Waals surface area contributed by atoms with Crippen molar-refractivity contribution in [3.05, 3.63) is 22.4 Å². The Labute approximate surface area is 124 Å². The number of hydrogen-bond acceptors (Lipinski definition) is 3. The highest BCUT2D eigenvalue weighted by molar-refractivity contribution is 7.10. The summed E-state index contributed by atoms with van der Waals surface area (Å²) in [5, 5.41) is 12.0. The van der Waals surface area contributed by atoms with E-state index in [9.17, 15) is 9.90 Å². The van der Waals surface area contributed by atoms with Crippen LogP contribution in [-0.2, 0) is 4.79 Å². The molecular weight excluding hydrogens is 270 g/mol. The van der Waals surface area contributed by atoms with Gasteiger partial charge in [0.15, 0.2) is 0 Å². The van der Waals surface area contributed by atoms with Gasteiger partial charge in [0.2, 0.25) is 0 Å². The van der Waals surface area contributed by atoms with E-state index in [4.69, 9.17) is 0 Å². The highest BCUT2D eigenvalue weighted by Gasteiger charge is 2.52. The van der Waals surface area contributed by atoms with Gasteiger partial charge in [0.05, 0.1) is 0 Å². The Kier molecular flexibility index (Phi) is 3.87. The average Bonchev–Trinajstić information content (AvgIpc) is 2.94. The molecule has 1 aliphatic carbocycles. The number of carbonyl (C=O) groups is 1. The fraction of sp³-hybridized carbons (Fsp3) is 0.688. The second-order valence-corrected chi connectivity index (χ2v) is 7.16. The van der Waals surface area contributed by atoms with Gasteiger partial charge in [-0.15, -0.1) is 11.3 Å². The first-order chi connectivity index (χ1) is 9.69. The molecule has 110 valence electrons. The van der Waals surface area contributed by atoms with Crippen LogP contribution in [0.5, 0.6) is 0 Å². The van der Waals surface area contributed by atoms with Crippen LogP contribution in [0.25, 0.3) is 0 Å². The minimum atomic E-state index is -0.619. The second-order valence-electron chi connectivity index (χ2n) is 6.18. The molecule has 2 unspecified atom stereocenters. The van der Waals surface area contributed by atoms with E-state index in [2.05, 4.69) is 29.3 Å². The molecule has 2 fully saturated rings. The molecule has 20 heavy (non-hydrogen) atoms. The van der Waals surface area contributed by atoms with Crippen LogP contribution in [0.3, 0.4) is 0 Å². The van der Waals surface area contributed by atoms with Crippen molar-refractivity contribution in [2.45, 2.75) is 57.0 Å². The normalized spacial score (nSPS) is 28.6. The Morgan fingerprint density at radius 2 is 2.40 bits per heavy atom. The van der Waals surface area contributed by atoms with Crippen LogP contribution in [0.15, 0.2) is 17.5 Å². The summed E-state index contributed by atoms with van der Waals surface area (Å²) in [6.45, 7) is 3.03. The third-order valence-electron chi connectivity index (χ3n) is 4.84. The van der Waals surface area contributed by atoms with Crippen molar-refractivity contribution in [3.8, 4) is 0 Å². The topological polar surface area (TPSA) is 40.5 Å². The Balaban J connectivity index is 1.94. The number of aliphatic carboxylic acids is 1. The van der Waals surface area contributed by atoms with Gasteiger partial charge in [-0.1, -0.05) is 19.4 Å². The number of likely N-dealkylation sites (tertiary alicyclic amines) is 1. The molecule has 2 heterocycles. The van der Waals surface area contributed by atoms with Crippen LogP contribution in [0.1, 0.15) is 56.4 Å². The lowest BCUT2D eigenvalue weighted by Gasteiger charge is -2.40. The Hall–Kier alpha value is -0.870. The fourth-order valence-corrected chi connectivity index (χ4v) is 4.77. The van der Waals surface area contributed by atoms with Crippen LogP contribution in [0, 0.1) is 5.92 Å². The van der Waals surface area contributed by atoms with Crippen molar-refractivity contribution in [1.29, 1.82) is 0 Å². The summed E-state index contributed by atoms with van der Waals surface area (Å²) in [7, 11) is 0. The van der Waals surface area contributed by atoms with Gasteiger partial charge in [-0.3, -0.25) is 9.69 Å². The van der Waals surface area contributed by atoms with Crippen molar-refractivity contribution in [1.82, 2.24) is 4.90 Å². The lowest BCUT2D eigenvalue weighted by molar-refractivity contribution is -0.152. The molecule has 1 aliphatic heterocycles. The van der Waals surface area contributed by atoms with Gasteiger partial charge in [-0.05, 0) is 56.0 Å². The molecule has 2 aliphatic rings. The van der Waals surface area contributed by atoms with Gasteiger partial charge in [0.1, 0.15) is 5.54 Å². The predicted molar refractivity (Wildman–Crippen MR) is 81.0 cm³/mol. The van der Waals surface area contributed by atoms with Crippen molar-refractivity contribution >= 4 is 17.3 Å². The first-order valence-electron chi connectivity index (χ1n) is 7.72. The molecule has 0 bridgehead atoms. The molecule has 0 spiro atoms. The van der Waals surface area contributed by atoms with E-state index in [-0.39, 0.29) is 0 Å². The summed E-state index contributed by atoms with van der Waals surface area (Å²) in [6.07, 6.45) is 6.04. The molecule has 4 heteroatoms. The first-order valence-corrected chi connectivity index (χ1v) is 8.60. The molecule has 1 N–H and O–H groups in total. The third kappa shape index (κ3) is 2.29. The minimum Gasteiger partial charge on any atom is -0.480 e. The first kappa shape index (κ1) is 14.1. The van der Waals surface area contributed by atoms with Crippen molar-refractivity contribution < 1.29 is 9.90 Å². The van der Waals surface area contributed by atoms with Gasteiger partial charge in [0.25, 0.3) is 0 Å². The van der Waals surface area contributed by atoms with Crippen molar-refractivity contribution in [2.24, 2.45) is 5.92 Å². The highest BCUT2D eigenvalue weighted by Crippen LogP contribution is 2.51. The SMILES string of the molecule is CCCC1(C(=O)O)CCCN1C(c1cccs1)C1CC1. The van der Waals surface area contributed by atoms with Crippen LogP contribution >= 0.6 is 11.3 Å². The quantitative estimate of drug-likeness (QED) is 0.864. The van der Waals surface area contributed by atoms with E-state index in [1.54, 1.807) is 11.3 Å². The average molecular weight is 293 g/mol. The number of nitrogens with zero attached hydrogens (tertiary/aromatic N) is 1. The minimum absolute atomic E-state index is 0.333. The smallest absolute Gasteiger partial charge is 0.324 e. The zero-order valence-corrected chi connectivity index (χ0v) is 12.9. The molecule has 1 aromatic heterocycles. The number of carboxylic acids is 1. The van der Waals surface area contributed by atoms with E-state index in [1.165, 1.54) is 17.7 Å². The van der Waals surface area contributed by atoms with E-state index in [0.717, 1.165) is 32.2 Å². The highest BCUT2D eigenvalue weighted by atomic mass is 32.1. The Bertz CT molecular complexity index is 469. The molecule has 0 radical (unpaired) electrons. The second kappa shape index (κ2) is 5.49. The van der Waals surface area contributed by atoms with Gasteiger partial charge < -0.3 is 5.11 Å². The molecule has 0 amide bonds. The maximum Gasteiger partial charge on any atom is 0.324 e. The number of hydrogen-bond donors (Lipinski definition) is 1. The number of rotatable bonds is 6. The predicted octanol–water partition coefficient (Wildman–Crippen LogP) is 3.92. The number of thiophene rings is 1. The van der Waals surface area contributed by atoms with Gasteiger partial charge in [0, 0.05) is 10.9 Å². The zero-order valence-electron chi connectivity index (χ0n) is 12.0. The Morgan fingerprint density at radius 1 is 1.60 bits per heavy atom. The summed E-state index contributed by atoms with van der Waals surface area (Å²) in [6, 6.07) is 4.61. The summed E-state index contributed by atoms with van der Waals surface area (Å²) in [5.41, 5.74) is -0.619. The van der Waals surface area contributed by atoms with E-state index in [0.29, 0.717) is 12.0 Å². The lowest BCUT2D eigenvalue weighted by atomic mass is 9.88. The zero-order chi connectivity index (χ0) is 14.2. The van der Waals surface area contributed by atoms with Gasteiger partial charge in [-0.25, -0.2) is 0 Å². The van der Waals surface area contributed by atoms with Gasteiger partial charge >= 0.3 is 5.97 Å².